The van der Waals surface area contributed by atoms with E-state index in [1.54, 1.807) is 4.72 Å². The van der Waals surface area contributed by atoms with Crippen molar-refractivity contribution in [1.82, 2.24) is 25.7 Å². The first-order valence-corrected chi connectivity index (χ1v) is 8.58. The Kier molecular flexibility index (Phi) is 4.70. The molecule has 1 unspecified atom stereocenters. The Morgan fingerprint density at radius 1 is 1.29 bits per heavy atom. The normalized spacial score (nSPS) is 17.0. The maximum Gasteiger partial charge on any atom is 0.330 e. The summed E-state index contributed by atoms with van der Waals surface area (Å²) < 4.78 is 25.8. The molecular formula is C10H12N6O6S2. The number of imide groups is 1. The van der Waals surface area contributed by atoms with Crippen LogP contribution < -0.4 is 26.0 Å². The summed E-state index contributed by atoms with van der Waals surface area (Å²) in [7, 11) is -4.28. The van der Waals surface area contributed by atoms with E-state index < -0.39 is 40.1 Å². The number of aromatic nitrogens is 1. The fourth-order valence-corrected chi connectivity index (χ4v) is 4.06. The average Bonchev–Trinajstić information content (AvgIpc) is 2.91. The SMILES string of the molecule is CC(=O)Nc1nc(C)c(S(=O)(=O)NC(=O)NC2NC(=O)NC2=O)s1. The van der Waals surface area contributed by atoms with Gasteiger partial charge in [-0.25, -0.2) is 27.7 Å². The maximum absolute atomic E-state index is 12.2. The summed E-state index contributed by atoms with van der Waals surface area (Å²) in [6.45, 7) is 2.62. The number of carbonyl (C=O) groups is 4. The molecule has 1 aliphatic heterocycles. The second-order valence-electron chi connectivity index (χ2n) is 4.55. The number of anilines is 1. The van der Waals surface area contributed by atoms with E-state index >= 15 is 0 Å². The zero-order chi connectivity index (χ0) is 18.1. The molecule has 0 saturated carbocycles. The Hall–Kier alpha value is -2.74. The predicted molar refractivity (Wildman–Crippen MR) is 80.5 cm³/mol. The van der Waals surface area contributed by atoms with Crippen LogP contribution in [0.4, 0.5) is 14.7 Å². The summed E-state index contributed by atoms with van der Waals surface area (Å²) in [5.41, 5.74) is 0.0796. The van der Waals surface area contributed by atoms with Crippen LogP contribution in [-0.4, -0.2) is 43.4 Å². The van der Waals surface area contributed by atoms with Gasteiger partial charge in [0.2, 0.25) is 5.91 Å². The molecule has 1 atom stereocenters. The summed E-state index contributed by atoms with van der Waals surface area (Å²) in [5, 5.41) is 8.32. The van der Waals surface area contributed by atoms with Gasteiger partial charge in [0.25, 0.3) is 15.9 Å². The molecule has 2 rings (SSSR count). The smallest absolute Gasteiger partial charge is 0.309 e. The number of thiazole rings is 1. The molecule has 24 heavy (non-hydrogen) atoms. The summed E-state index contributed by atoms with van der Waals surface area (Å²) in [5.74, 6) is -1.25. The van der Waals surface area contributed by atoms with E-state index in [0.29, 0.717) is 11.3 Å². The van der Waals surface area contributed by atoms with E-state index in [9.17, 15) is 27.6 Å². The second-order valence-corrected chi connectivity index (χ2v) is 7.42. The molecule has 0 bridgehead atoms. The number of amides is 6. The van der Waals surface area contributed by atoms with E-state index in [4.69, 9.17) is 0 Å². The summed E-state index contributed by atoms with van der Waals surface area (Å²) in [6.07, 6.45) is -1.38. The van der Waals surface area contributed by atoms with Crippen LogP contribution in [0.5, 0.6) is 0 Å². The van der Waals surface area contributed by atoms with Crippen molar-refractivity contribution >= 4 is 50.4 Å². The number of nitrogens with zero attached hydrogens (tertiary/aromatic N) is 1. The lowest BCUT2D eigenvalue weighted by molar-refractivity contribution is -0.120. The first kappa shape index (κ1) is 17.6. The van der Waals surface area contributed by atoms with Crippen LogP contribution in [0, 0.1) is 6.92 Å². The van der Waals surface area contributed by atoms with Gasteiger partial charge in [-0.3, -0.25) is 14.9 Å². The van der Waals surface area contributed by atoms with Gasteiger partial charge in [0.15, 0.2) is 15.5 Å². The Morgan fingerprint density at radius 3 is 2.50 bits per heavy atom. The van der Waals surface area contributed by atoms with Crippen molar-refractivity contribution in [2.75, 3.05) is 5.32 Å². The van der Waals surface area contributed by atoms with Crippen LogP contribution in [0.1, 0.15) is 12.6 Å². The monoisotopic (exact) mass is 376 g/mol. The number of nitrogens with one attached hydrogen (secondary N) is 5. The minimum atomic E-state index is -4.28. The summed E-state index contributed by atoms with van der Waals surface area (Å²) in [6, 6.07) is -2.03. The largest absolute Gasteiger partial charge is 0.330 e. The highest BCUT2D eigenvalue weighted by atomic mass is 32.2. The number of sulfonamides is 1. The molecular weight excluding hydrogens is 364 g/mol. The van der Waals surface area contributed by atoms with Gasteiger partial charge in [0, 0.05) is 6.92 Å². The van der Waals surface area contributed by atoms with Gasteiger partial charge in [-0.05, 0) is 6.92 Å². The molecule has 0 aromatic carbocycles. The number of hydrogen-bond donors (Lipinski definition) is 5. The number of rotatable bonds is 4. The molecule has 1 aromatic rings. The summed E-state index contributed by atoms with van der Waals surface area (Å²) >= 11 is 0.658. The van der Waals surface area contributed by atoms with Crippen LogP contribution in [0.2, 0.25) is 0 Å². The zero-order valence-electron chi connectivity index (χ0n) is 12.3. The molecule has 0 radical (unpaired) electrons. The Labute approximate surface area is 139 Å². The maximum atomic E-state index is 12.2. The van der Waals surface area contributed by atoms with E-state index in [0.717, 1.165) is 0 Å². The van der Waals surface area contributed by atoms with E-state index in [1.165, 1.54) is 13.8 Å². The van der Waals surface area contributed by atoms with Crippen LogP contribution >= 0.6 is 11.3 Å². The fraction of sp³-hybridized carbons (Fsp3) is 0.300. The van der Waals surface area contributed by atoms with Gasteiger partial charge < -0.3 is 16.0 Å². The van der Waals surface area contributed by atoms with Crippen LogP contribution in [0.25, 0.3) is 0 Å². The molecule has 1 aromatic heterocycles. The Bertz CT molecular complexity index is 831. The lowest BCUT2D eigenvalue weighted by Gasteiger charge is -2.11. The van der Waals surface area contributed by atoms with E-state index in [2.05, 4.69) is 15.6 Å². The highest BCUT2D eigenvalue weighted by Gasteiger charge is 2.32. The van der Waals surface area contributed by atoms with Gasteiger partial charge in [0.1, 0.15) is 0 Å². The van der Waals surface area contributed by atoms with Gasteiger partial charge in [0.05, 0.1) is 5.69 Å². The lowest BCUT2D eigenvalue weighted by Crippen LogP contribution is -2.51. The van der Waals surface area contributed by atoms with Crippen molar-refractivity contribution < 1.29 is 27.6 Å². The molecule has 14 heteroatoms. The van der Waals surface area contributed by atoms with Crippen LogP contribution in [0.3, 0.4) is 0 Å². The quantitative estimate of drug-likeness (QED) is 0.400. The van der Waals surface area contributed by atoms with E-state index in [1.807, 2.05) is 10.6 Å². The third kappa shape index (κ3) is 3.96. The molecule has 0 aliphatic carbocycles. The van der Waals surface area contributed by atoms with E-state index in [-0.39, 0.29) is 15.0 Å². The van der Waals surface area contributed by atoms with Crippen LogP contribution in [0.15, 0.2) is 4.21 Å². The zero-order valence-corrected chi connectivity index (χ0v) is 13.9. The van der Waals surface area contributed by atoms with Crippen molar-refractivity contribution in [3.8, 4) is 0 Å². The predicted octanol–water partition coefficient (Wildman–Crippen LogP) is -1.44. The topological polar surface area (TPSA) is 175 Å². The van der Waals surface area contributed by atoms with Gasteiger partial charge in [-0.15, -0.1) is 0 Å². The van der Waals surface area contributed by atoms with Crippen molar-refractivity contribution in [1.29, 1.82) is 0 Å². The number of aryl methyl sites for hydroxylation is 1. The van der Waals surface area contributed by atoms with Gasteiger partial charge >= 0.3 is 12.1 Å². The molecule has 0 spiro atoms. The molecule has 1 fully saturated rings. The Balaban J connectivity index is 2.09. The second kappa shape index (κ2) is 6.40. The van der Waals surface area contributed by atoms with Gasteiger partial charge in [-0.2, -0.15) is 0 Å². The molecule has 130 valence electrons. The minimum absolute atomic E-state index is 0.0585. The van der Waals surface area contributed by atoms with Gasteiger partial charge in [-0.1, -0.05) is 11.3 Å². The highest BCUT2D eigenvalue weighted by molar-refractivity contribution is 7.92. The molecule has 12 nitrogen and oxygen atoms in total. The number of urea groups is 2. The number of hydrogen-bond acceptors (Lipinski definition) is 8. The molecule has 1 saturated heterocycles. The van der Waals surface area contributed by atoms with Crippen LogP contribution in [-0.2, 0) is 19.6 Å². The lowest BCUT2D eigenvalue weighted by atomic mass is 10.5. The van der Waals surface area contributed by atoms with Crippen molar-refractivity contribution in [2.45, 2.75) is 24.2 Å². The Morgan fingerprint density at radius 2 is 1.96 bits per heavy atom. The standard InChI is InChI=1S/C10H12N6O6S2/c1-3-7(23-10(11-3)12-4(2)17)24(21,22)16-9(20)14-5-6(18)15-8(19)13-5/h5H,1-2H3,(H,11,12,17)(H2,14,16,20)(H2,13,15,18,19). The first-order chi connectivity index (χ1) is 11.1. The van der Waals surface area contributed by atoms with Crippen molar-refractivity contribution in [3.05, 3.63) is 5.69 Å². The molecule has 2 heterocycles. The molecule has 1 aliphatic rings. The molecule has 5 N–H and O–H groups in total. The third-order valence-electron chi connectivity index (χ3n) is 2.56. The average molecular weight is 376 g/mol. The van der Waals surface area contributed by atoms with Crippen molar-refractivity contribution in [2.24, 2.45) is 0 Å². The van der Waals surface area contributed by atoms with Crippen molar-refractivity contribution in [3.63, 3.8) is 0 Å². The molecule has 6 amide bonds. The fourth-order valence-electron chi connectivity index (χ4n) is 1.68. The summed E-state index contributed by atoms with van der Waals surface area (Å²) in [4.78, 5) is 48.7. The highest BCUT2D eigenvalue weighted by Crippen LogP contribution is 2.26. The first-order valence-electron chi connectivity index (χ1n) is 6.28. The number of carbonyl (C=O) groups excluding carboxylic acids is 4. The minimum Gasteiger partial charge on any atom is -0.309 e. The third-order valence-corrected chi connectivity index (χ3v) is 5.57.